The summed E-state index contributed by atoms with van der Waals surface area (Å²) in [7, 11) is 0. The van der Waals surface area contributed by atoms with E-state index in [0.29, 0.717) is 59.6 Å². The average Bonchev–Trinajstić information content (AvgIpc) is 3.08. The van der Waals surface area contributed by atoms with Crippen LogP contribution in [0.1, 0.15) is 68.2 Å². The first kappa shape index (κ1) is 51.0. The van der Waals surface area contributed by atoms with Crippen LogP contribution in [0.25, 0.3) is 0 Å². The quantitative estimate of drug-likeness (QED) is 0.151. The van der Waals surface area contributed by atoms with E-state index in [1.54, 1.807) is 9.80 Å². The summed E-state index contributed by atoms with van der Waals surface area (Å²) in [5, 5.41) is 0. The number of piperazine rings is 2. The number of nitrogens with zero attached hydrogens (tertiary/aromatic N) is 4. The van der Waals surface area contributed by atoms with E-state index in [9.17, 15) is 35.9 Å². The summed E-state index contributed by atoms with van der Waals surface area (Å²) in [4.78, 5) is 32.5. The molecule has 2 aromatic rings. The van der Waals surface area contributed by atoms with E-state index in [-0.39, 0.29) is 35.8 Å². The zero-order valence-electron chi connectivity index (χ0n) is 35.2. The van der Waals surface area contributed by atoms with Crippen molar-refractivity contribution in [3.05, 3.63) is 45.3 Å². The standard InChI is InChI=1S/2C20H28BrF3N2O4/c2*1-14-13-25(9-10-26(14)18(27)30-19(2,3)4)8-5-11-28-17-12-15(6-7-16(17)21)29-20(22,23)24/h2*6-7,12,14H,5,8-11,13H2,1-4H3. The Kier molecular flexibility index (Phi) is 18.8. The molecule has 2 amide bonds. The summed E-state index contributed by atoms with van der Waals surface area (Å²) in [5.74, 6) is -0.0692. The van der Waals surface area contributed by atoms with Crippen molar-refractivity contribution in [1.82, 2.24) is 19.6 Å². The van der Waals surface area contributed by atoms with Gasteiger partial charge in [0.1, 0.15) is 34.2 Å². The van der Waals surface area contributed by atoms with Gasteiger partial charge >= 0.3 is 24.9 Å². The number of alkyl halides is 6. The molecule has 2 saturated heterocycles. The van der Waals surface area contributed by atoms with Crippen molar-refractivity contribution in [2.75, 3.05) is 65.6 Å². The Labute approximate surface area is 364 Å². The molecule has 2 aliphatic rings. The molecule has 0 aromatic heterocycles. The topological polar surface area (TPSA) is 102 Å². The van der Waals surface area contributed by atoms with Gasteiger partial charge in [0.15, 0.2) is 0 Å². The molecule has 340 valence electrons. The molecule has 0 aliphatic carbocycles. The second-order valence-corrected chi connectivity index (χ2v) is 18.0. The van der Waals surface area contributed by atoms with Gasteiger partial charge in [0.25, 0.3) is 0 Å². The molecular weight excluding hydrogens is 938 g/mol. The number of hydrogen-bond donors (Lipinski definition) is 0. The van der Waals surface area contributed by atoms with Crippen LogP contribution in [0.3, 0.4) is 0 Å². The lowest BCUT2D eigenvalue weighted by molar-refractivity contribution is -0.275. The molecule has 0 radical (unpaired) electrons. The molecule has 60 heavy (non-hydrogen) atoms. The normalized spacial score (nSPS) is 18.3. The number of carbonyl (C=O) groups is 2. The monoisotopic (exact) mass is 992 g/mol. The Morgan fingerprint density at radius 1 is 0.617 bits per heavy atom. The second-order valence-electron chi connectivity index (χ2n) is 16.3. The molecular formula is C40H56Br2F6N4O8. The summed E-state index contributed by atoms with van der Waals surface area (Å²) in [6.45, 7) is 21.3. The second kappa shape index (κ2) is 22.1. The van der Waals surface area contributed by atoms with Crippen molar-refractivity contribution < 1.29 is 64.4 Å². The molecule has 0 N–H and O–H groups in total. The fourth-order valence-electron chi connectivity index (χ4n) is 6.18. The van der Waals surface area contributed by atoms with Gasteiger partial charge in [-0.1, -0.05) is 0 Å². The van der Waals surface area contributed by atoms with Gasteiger partial charge in [-0.25, -0.2) is 9.59 Å². The SMILES string of the molecule is CC1CN(CCCOc2cc(OC(F)(F)F)ccc2Br)CCN1C(=O)OC(C)(C)C.CC1CN(CCCOc2cc(OC(F)(F)F)ccc2Br)CCN1C(=O)OC(C)(C)C. The smallest absolute Gasteiger partial charge is 0.492 e. The van der Waals surface area contributed by atoms with Crippen LogP contribution in [0.2, 0.25) is 0 Å². The minimum atomic E-state index is -4.75. The molecule has 4 rings (SSSR count). The van der Waals surface area contributed by atoms with Gasteiger partial charge in [0.05, 0.1) is 22.2 Å². The zero-order chi connectivity index (χ0) is 45.1. The van der Waals surface area contributed by atoms with Gasteiger partial charge in [-0.3, -0.25) is 9.80 Å². The third-order valence-corrected chi connectivity index (χ3v) is 10.0. The van der Waals surface area contributed by atoms with E-state index in [4.69, 9.17) is 18.9 Å². The third-order valence-electron chi connectivity index (χ3n) is 8.70. The van der Waals surface area contributed by atoms with E-state index in [1.807, 2.05) is 55.4 Å². The molecule has 20 heteroatoms. The number of carbonyl (C=O) groups excluding carboxylic acids is 2. The summed E-state index contributed by atoms with van der Waals surface area (Å²) in [5.41, 5.74) is -1.05. The molecule has 2 fully saturated rings. The maximum absolute atomic E-state index is 12.4. The van der Waals surface area contributed by atoms with Crippen LogP contribution in [0, 0.1) is 0 Å². The van der Waals surface area contributed by atoms with Gasteiger partial charge in [-0.2, -0.15) is 0 Å². The van der Waals surface area contributed by atoms with Gasteiger partial charge in [-0.05, 0) is 124 Å². The number of benzene rings is 2. The Hall–Kier alpha value is -3.36. The highest BCUT2D eigenvalue weighted by Gasteiger charge is 2.34. The van der Waals surface area contributed by atoms with E-state index in [0.717, 1.165) is 39.3 Å². The van der Waals surface area contributed by atoms with Crippen LogP contribution in [0.4, 0.5) is 35.9 Å². The summed E-state index contributed by atoms with van der Waals surface area (Å²) in [6.07, 6.45) is -8.72. The van der Waals surface area contributed by atoms with Gasteiger partial charge in [0.2, 0.25) is 0 Å². The van der Waals surface area contributed by atoms with E-state index < -0.39 is 23.9 Å². The highest BCUT2D eigenvalue weighted by molar-refractivity contribution is 9.10. The number of halogens is 8. The molecule has 2 aliphatic heterocycles. The zero-order valence-corrected chi connectivity index (χ0v) is 38.4. The molecule has 2 heterocycles. The maximum atomic E-state index is 12.4. The lowest BCUT2D eigenvalue weighted by Crippen LogP contribution is -2.55. The van der Waals surface area contributed by atoms with Gasteiger partial charge < -0.3 is 38.2 Å². The number of hydrogen-bond acceptors (Lipinski definition) is 10. The Morgan fingerprint density at radius 3 is 1.27 bits per heavy atom. The number of amides is 2. The largest absolute Gasteiger partial charge is 0.573 e. The molecule has 2 atom stereocenters. The molecule has 0 saturated carbocycles. The average molecular weight is 995 g/mol. The van der Waals surface area contributed by atoms with Crippen LogP contribution >= 0.6 is 31.9 Å². The molecule has 2 unspecified atom stereocenters. The fourth-order valence-corrected chi connectivity index (χ4v) is 6.90. The van der Waals surface area contributed by atoms with Gasteiger partial charge in [-0.15, -0.1) is 26.3 Å². The fraction of sp³-hybridized carbons (Fsp3) is 0.650. The first-order valence-electron chi connectivity index (χ1n) is 19.5. The molecule has 2 aromatic carbocycles. The maximum Gasteiger partial charge on any atom is 0.573 e. The minimum Gasteiger partial charge on any atom is -0.492 e. The van der Waals surface area contributed by atoms with E-state index in [2.05, 4.69) is 51.1 Å². The van der Waals surface area contributed by atoms with Crippen molar-refractivity contribution in [3.63, 3.8) is 0 Å². The first-order valence-corrected chi connectivity index (χ1v) is 21.1. The Balaban J connectivity index is 0.000000320. The molecule has 0 bridgehead atoms. The van der Waals surface area contributed by atoms with Crippen molar-refractivity contribution in [2.45, 2.75) is 104 Å². The van der Waals surface area contributed by atoms with Crippen LogP contribution < -0.4 is 18.9 Å². The van der Waals surface area contributed by atoms with E-state index in [1.165, 1.54) is 36.4 Å². The molecule has 0 spiro atoms. The summed E-state index contributed by atoms with van der Waals surface area (Å²) >= 11 is 6.53. The number of rotatable bonds is 12. The lowest BCUT2D eigenvalue weighted by atomic mass is 10.2. The highest BCUT2D eigenvalue weighted by atomic mass is 79.9. The van der Waals surface area contributed by atoms with Crippen LogP contribution in [-0.2, 0) is 9.47 Å². The number of ether oxygens (including phenoxy) is 6. The van der Waals surface area contributed by atoms with Crippen molar-refractivity contribution in [1.29, 1.82) is 0 Å². The van der Waals surface area contributed by atoms with Crippen LogP contribution in [0.15, 0.2) is 45.3 Å². The lowest BCUT2D eigenvalue weighted by Gasteiger charge is -2.40. The first-order chi connectivity index (χ1) is 27.7. The van der Waals surface area contributed by atoms with Crippen LogP contribution in [-0.4, -0.2) is 133 Å². The van der Waals surface area contributed by atoms with Crippen LogP contribution in [0.5, 0.6) is 23.0 Å². The minimum absolute atomic E-state index is 0.0276. The van der Waals surface area contributed by atoms with Crippen molar-refractivity contribution >= 4 is 44.0 Å². The summed E-state index contributed by atoms with van der Waals surface area (Å²) < 4.78 is 105. The predicted molar refractivity (Wildman–Crippen MR) is 220 cm³/mol. The Morgan fingerprint density at radius 2 is 0.967 bits per heavy atom. The van der Waals surface area contributed by atoms with Crippen molar-refractivity contribution in [2.24, 2.45) is 0 Å². The summed E-state index contributed by atoms with van der Waals surface area (Å²) in [6, 6.07) is 7.81. The Bertz CT molecular complexity index is 1570. The molecule has 12 nitrogen and oxygen atoms in total. The highest BCUT2D eigenvalue weighted by Crippen LogP contribution is 2.34. The van der Waals surface area contributed by atoms with Gasteiger partial charge in [0, 0.05) is 76.6 Å². The van der Waals surface area contributed by atoms with Crippen molar-refractivity contribution in [3.8, 4) is 23.0 Å². The van der Waals surface area contributed by atoms with E-state index >= 15 is 0 Å². The predicted octanol–water partition coefficient (Wildman–Crippen LogP) is 10.1. The third kappa shape index (κ3) is 19.1.